The summed E-state index contributed by atoms with van der Waals surface area (Å²) < 4.78 is 3.64. The predicted octanol–water partition coefficient (Wildman–Crippen LogP) is 0.898. The molecule has 3 rings (SSSR count). The maximum Gasteiger partial charge on any atom is 0.184 e. The van der Waals surface area contributed by atoms with Gasteiger partial charge in [0.2, 0.25) is 0 Å². The molecule has 80 valence electrons. The quantitative estimate of drug-likeness (QED) is 0.704. The third-order valence-corrected chi connectivity index (χ3v) is 2.35. The zero-order valence-corrected chi connectivity index (χ0v) is 8.43. The molecule has 0 radical (unpaired) electrons. The number of aromatic nitrogens is 6. The van der Waals surface area contributed by atoms with Gasteiger partial charge in [0.15, 0.2) is 6.17 Å². The molecule has 0 bridgehead atoms. The molecule has 0 aromatic carbocycles. The van der Waals surface area contributed by atoms with Crippen LogP contribution in [0.5, 0.6) is 0 Å². The highest BCUT2D eigenvalue weighted by atomic mass is 15.4. The van der Waals surface area contributed by atoms with Gasteiger partial charge >= 0.3 is 0 Å². The fourth-order valence-corrected chi connectivity index (χ4v) is 1.67. The van der Waals surface area contributed by atoms with Crippen molar-refractivity contribution >= 4 is 0 Å². The number of nitrogens with one attached hydrogen (secondary N) is 1. The van der Waals surface area contributed by atoms with Crippen LogP contribution < -0.4 is 0 Å². The molecule has 0 aliphatic heterocycles. The molecule has 0 spiro atoms. The topological polar surface area (TPSA) is 64.3 Å². The molecule has 0 fully saturated rings. The van der Waals surface area contributed by atoms with Gasteiger partial charge in [-0.15, -0.1) is 0 Å². The Morgan fingerprint density at radius 3 is 2.12 bits per heavy atom. The van der Waals surface area contributed by atoms with E-state index in [-0.39, 0.29) is 6.17 Å². The Morgan fingerprint density at radius 1 is 1.00 bits per heavy atom. The molecular formula is C10H10N6. The van der Waals surface area contributed by atoms with Crippen molar-refractivity contribution in [2.45, 2.75) is 6.17 Å². The highest BCUT2D eigenvalue weighted by Crippen LogP contribution is 2.15. The van der Waals surface area contributed by atoms with E-state index >= 15 is 0 Å². The highest BCUT2D eigenvalue weighted by molar-refractivity contribution is 5.07. The highest BCUT2D eigenvalue weighted by Gasteiger charge is 2.17. The van der Waals surface area contributed by atoms with Crippen LogP contribution in [-0.4, -0.2) is 29.8 Å². The van der Waals surface area contributed by atoms with Crippen molar-refractivity contribution < 1.29 is 0 Å². The van der Waals surface area contributed by atoms with Crippen molar-refractivity contribution in [3.63, 3.8) is 0 Å². The van der Waals surface area contributed by atoms with Gasteiger partial charge in [-0.1, -0.05) is 0 Å². The molecule has 0 saturated heterocycles. The molecule has 0 unspecified atom stereocenters. The standard InChI is InChI=1S/C10H10N6/c1-4-12-15(7-1)10(9-3-6-11-14-9)16-8-2-5-13-16/h1-8,10H,(H,11,14). The predicted molar refractivity (Wildman–Crippen MR) is 56.6 cm³/mol. The molecule has 0 aliphatic rings. The molecule has 1 N–H and O–H groups in total. The van der Waals surface area contributed by atoms with Gasteiger partial charge in [-0.2, -0.15) is 15.3 Å². The molecule has 0 saturated carbocycles. The van der Waals surface area contributed by atoms with E-state index in [4.69, 9.17) is 0 Å². The van der Waals surface area contributed by atoms with E-state index in [9.17, 15) is 0 Å². The summed E-state index contributed by atoms with van der Waals surface area (Å²) in [5.74, 6) is 0. The fourth-order valence-electron chi connectivity index (χ4n) is 1.67. The van der Waals surface area contributed by atoms with Gasteiger partial charge in [0.1, 0.15) is 0 Å². The normalized spacial score (nSPS) is 11.1. The average molecular weight is 214 g/mol. The molecule has 6 nitrogen and oxygen atoms in total. The fraction of sp³-hybridized carbons (Fsp3) is 0.100. The van der Waals surface area contributed by atoms with Gasteiger partial charge in [-0.05, 0) is 18.2 Å². The zero-order chi connectivity index (χ0) is 10.8. The van der Waals surface area contributed by atoms with Crippen LogP contribution in [0.2, 0.25) is 0 Å². The van der Waals surface area contributed by atoms with E-state index in [1.54, 1.807) is 18.6 Å². The summed E-state index contributed by atoms with van der Waals surface area (Å²) in [4.78, 5) is 0. The first-order chi connectivity index (χ1) is 7.95. The van der Waals surface area contributed by atoms with Crippen molar-refractivity contribution in [1.29, 1.82) is 0 Å². The maximum atomic E-state index is 4.24. The van der Waals surface area contributed by atoms with Crippen LogP contribution >= 0.6 is 0 Å². The lowest BCUT2D eigenvalue weighted by Crippen LogP contribution is -2.20. The Labute approximate surface area is 91.5 Å². The van der Waals surface area contributed by atoms with E-state index in [1.165, 1.54) is 0 Å². The van der Waals surface area contributed by atoms with Crippen LogP contribution in [0.3, 0.4) is 0 Å². The molecular weight excluding hydrogens is 204 g/mol. The van der Waals surface area contributed by atoms with E-state index in [0.29, 0.717) is 0 Å². The number of hydrogen-bond acceptors (Lipinski definition) is 3. The van der Waals surface area contributed by atoms with Crippen LogP contribution in [0.25, 0.3) is 0 Å². The van der Waals surface area contributed by atoms with Crippen LogP contribution in [0.4, 0.5) is 0 Å². The summed E-state index contributed by atoms with van der Waals surface area (Å²) in [6, 6.07) is 5.67. The van der Waals surface area contributed by atoms with Gasteiger partial charge in [0, 0.05) is 31.0 Å². The summed E-state index contributed by atoms with van der Waals surface area (Å²) in [6.07, 6.45) is 8.88. The number of rotatable bonds is 3. The van der Waals surface area contributed by atoms with E-state index < -0.39 is 0 Å². The Morgan fingerprint density at radius 2 is 1.69 bits per heavy atom. The first-order valence-corrected chi connectivity index (χ1v) is 4.93. The van der Waals surface area contributed by atoms with Gasteiger partial charge in [-0.3, -0.25) is 5.10 Å². The van der Waals surface area contributed by atoms with E-state index in [1.807, 2.05) is 40.0 Å². The second kappa shape index (κ2) is 3.65. The molecule has 3 heterocycles. The maximum absolute atomic E-state index is 4.24. The Balaban J connectivity index is 2.09. The van der Waals surface area contributed by atoms with Crippen LogP contribution in [0.1, 0.15) is 11.9 Å². The molecule has 0 amide bonds. The zero-order valence-electron chi connectivity index (χ0n) is 8.43. The van der Waals surface area contributed by atoms with Crippen LogP contribution in [-0.2, 0) is 0 Å². The van der Waals surface area contributed by atoms with Crippen LogP contribution in [0, 0.1) is 0 Å². The molecule has 16 heavy (non-hydrogen) atoms. The summed E-state index contributed by atoms with van der Waals surface area (Å²) in [6.45, 7) is 0. The number of hydrogen-bond donors (Lipinski definition) is 1. The van der Waals surface area contributed by atoms with E-state index in [0.717, 1.165) is 5.69 Å². The monoisotopic (exact) mass is 214 g/mol. The molecule has 0 aliphatic carbocycles. The van der Waals surface area contributed by atoms with Crippen molar-refractivity contribution in [3.8, 4) is 0 Å². The second-order valence-electron chi connectivity index (χ2n) is 3.36. The van der Waals surface area contributed by atoms with Crippen molar-refractivity contribution in [3.05, 3.63) is 54.9 Å². The minimum Gasteiger partial charge on any atom is -0.278 e. The first-order valence-electron chi connectivity index (χ1n) is 4.93. The first kappa shape index (κ1) is 8.90. The Hall–Kier alpha value is -2.37. The summed E-state index contributed by atoms with van der Waals surface area (Å²) in [7, 11) is 0. The van der Waals surface area contributed by atoms with Gasteiger partial charge in [0.25, 0.3) is 0 Å². The lowest BCUT2D eigenvalue weighted by Gasteiger charge is -2.16. The van der Waals surface area contributed by atoms with Crippen molar-refractivity contribution in [1.82, 2.24) is 29.8 Å². The minimum atomic E-state index is -0.118. The molecule has 3 aromatic rings. The third kappa shape index (κ3) is 1.40. The minimum absolute atomic E-state index is 0.118. The molecule has 3 aromatic heterocycles. The summed E-state index contributed by atoms with van der Waals surface area (Å²) >= 11 is 0. The smallest absolute Gasteiger partial charge is 0.184 e. The third-order valence-electron chi connectivity index (χ3n) is 2.35. The molecule has 6 heteroatoms. The lowest BCUT2D eigenvalue weighted by atomic mass is 10.3. The van der Waals surface area contributed by atoms with Crippen molar-refractivity contribution in [2.75, 3.05) is 0 Å². The summed E-state index contributed by atoms with van der Waals surface area (Å²) in [5, 5.41) is 15.4. The van der Waals surface area contributed by atoms with Crippen LogP contribution in [0.15, 0.2) is 49.2 Å². The number of nitrogens with zero attached hydrogens (tertiary/aromatic N) is 5. The molecule has 0 atom stereocenters. The van der Waals surface area contributed by atoms with Gasteiger partial charge in [0.05, 0.1) is 5.69 Å². The summed E-state index contributed by atoms with van der Waals surface area (Å²) in [5.41, 5.74) is 0.937. The average Bonchev–Trinajstić information content (AvgIpc) is 3.02. The number of aromatic amines is 1. The van der Waals surface area contributed by atoms with E-state index in [2.05, 4.69) is 20.4 Å². The Bertz CT molecular complexity index is 440. The Kier molecular flexibility index (Phi) is 2.03. The van der Waals surface area contributed by atoms with Gasteiger partial charge in [-0.25, -0.2) is 9.36 Å². The number of H-pyrrole nitrogens is 1. The van der Waals surface area contributed by atoms with Crippen molar-refractivity contribution in [2.24, 2.45) is 0 Å². The SMILES string of the molecule is c1cnn(C(c2ccn[nH]2)n2cccn2)c1. The van der Waals surface area contributed by atoms with Gasteiger partial charge < -0.3 is 0 Å². The largest absolute Gasteiger partial charge is 0.278 e. The second-order valence-corrected chi connectivity index (χ2v) is 3.36. The lowest BCUT2D eigenvalue weighted by molar-refractivity contribution is 0.409.